The van der Waals surface area contributed by atoms with E-state index in [2.05, 4.69) is 16.4 Å². The predicted octanol–water partition coefficient (Wildman–Crippen LogP) is 4.09. The fourth-order valence-corrected chi connectivity index (χ4v) is 4.59. The molecule has 0 unspecified atom stereocenters. The second-order valence-corrected chi connectivity index (χ2v) is 9.70. The molecule has 1 N–H and O–H groups in total. The maximum absolute atomic E-state index is 13.2. The van der Waals surface area contributed by atoms with Crippen molar-refractivity contribution in [1.29, 1.82) is 0 Å². The number of aromatic nitrogens is 1. The highest BCUT2D eigenvalue weighted by atomic mass is 16.6. The van der Waals surface area contributed by atoms with E-state index < -0.39 is 36.1 Å². The molecule has 3 rings (SSSR count). The van der Waals surface area contributed by atoms with E-state index in [1.807, 2.05) is 32.9 Å². The highest BCUT2D eigenvalue weighted by molar-refractivity contribution is 5.98. The molecule has 1 aliphatic rings. The quantitative estimate of drug-likeness (QED) is 0.467. The number of hydrogen-bond acceptors (Lipinski definition) is 9. The standard InChI is InChI=1S/C29H38N2O8/c1-7-13-36-26-19(4)37-29(34)22(9-8-10-24(26)39-21-15-17(2)14-18(3)16-21)31-28(33)25-27(38-20(5)32)23(35-6)11-12-30-25/h11-12,14-16,19,22,24,26H,7-10,13H2,1-6H3,(H,31,33)/t19-,22-,24-,26-/m0/s1. The summed E-state index contributed by atoms with van der Waals surface area (Å²) in [6.45, 7) is 9.49. The lowest BCUT2D eigenvalue weighted by Crippen LogP contribution is -2.46. The lowest BCUT2D eigenvalue weighted by atomic mass is 10.0. The molecule has 1 aliphatic heterocycles. The van der Waals surface area contributed by atoms with E-state index in [-0.39, 0.29) is 23.3 Å². The second-order valence-electron chi connectivity index (χ2n) is 9.70. The number of amides is 1. The largest absolute Gasteiger partial charge is 0.493 e. The zero-order valence-corrected chi connectivity index (χ0v) is 23.4. The average molecular weight is 543 g/mol. The van der Waals surface area contributed by atoms with E-state index in [0.29, 0.717) is 25.9 Å². The predicted molar refractivity (Wildman–Crippen MR) is 143 cm³/mol. The molecule has 0 bridgehead atoms. The van der Waals surface area contributed by atoms with Gasteiger partial charge in [-0.25, -0.2) is 9.78 Å². The third-order valence-corrected chi connectivity index (χ3v) is 6.25. The Labute approximate surface area is 229 Å². The average Bonchev–Trinajstić information content (AvgIpc) is 2.91. The number of carbonyl (C=O) groups excluding carboxylic acids is 3. The number of benzene rings is 1. The first-order valence-electron chi connectivity index (χ1n) is 13.2. The molecule has 0 radical (unpaired) electrons. The molecule has 1 saturated heterocycles. The number of carbonyl (C=O) groups is 3. The van der Waals surface area contributed by atoms with Gasteiger partial charge < -0.3 is 29.0 Å². The molecule has 2 aromatic rings. The van der Waals surface area contributed by atoms with Crippen LogP contribution in [0.25, 0.3) is 0 Å². The molecule has 1 aromatic heterocycles. The van der Waals surface area contributed by atoms with Crippen molar-refractivity contribution in [3.8, 4) is 17.2 Å². The van der Waals surface area contributed by atoms with E-state index >= 15 is 0 Å². The Morgan fingerprint density at radius 1 is 1.15 bits per heavy atom. The molecule has 2 heterocycles. The molecule has 0 aliphatic carbocycles. The molecule has 0 saturated carbocycles. The Morgan fingerprint density at radius 3 is 2.51 bits per heavy atom. The van der Waals surface area contributed by atoms with Crippen LogP contribution in [0.2, 0.25) is 0 Å². The van der Waals surface area contributed by atoms with Crippen molar-refractivity contribution in [1.82, 2.24) is 10.3 Å². The fraction of sp³-hybridized carbons (Fsp3) is 0.517. The number of esters is 2. The van der Waals surface area contributed by atoms with Crippen molar-refractivity contribution in [3.05, 3.63) is 47.3 Å². The number of aryl methyl sites for hydroxylation is 2. The monoisotopic (exact) mass is 542 g/mol. The Morgan fingerprint density at radius 2 is 1.87 bits per heavy atom. The van der Waals surface area contributed by atoms with Crippen LogP contribution in [-0.2, 0) is 19.1 Å². The van der Waals surface area contributed by atoms with Crippen LogP contribution in [0.15, 0.2) is 30.5 Å². The van der Waals surface area contributed by atoms with Crippen molar-refractivity contribution < 1.29 is 38.1 Å². The highest BCUT2D eigenvalue weighted by Gasteiger charge is 2.36. The lowest BCUT2D eigenvalue weighted by Gasteiger charge is -2.31. The number of pyridine rings is 1. The van der Waals surface area contributed by atoms with E-state index in [9.17, 15) is 14.4 Å². The first-order chi connectivity index (χ1) is 18.6. The number of hydrogen-bond donors (Lipinski definition) is 1. The molecule has 1 amide bonds. The van der Waals surface area contributed by atoms with Gasteiger partial charge in [-0.15, -0.1) is 0 Å². The molecule has 212 valence electrons. The summed E-state index contributed by atoms with van der Waals surface area (Å²) in [7, 11) is 1.38. The first-order valence-corrected chi connectivity index (χ1v) is 13.2. The third kappa shape index (κ3) is 8.16. The zero-order chi connectivity index (χ0) is 28.5. The lowest BCUT2D eigenvalue weighted by molar-refractivity contribution is -0.163. The summed E-state index contributed by atoms with van der Waals surface area (Å²) in [6.07, 6.45) is 2.08. The van der Waals surface area contributed by atoms with Gasteiger partial charge in [0.25, 0.3) is 5.91 Å². The van der Waals surface area contributed by atoms with Gasteiger partial charge in [0.05, 0.1) is 7.11 Å². The Hall–Kier alpha value is -3.66. The molecule has 10 heteroatoms. The van der Waals surface area contributed by atoms with E-state index in [1.165, 1.54) is 26.3 Å². The van der Waals surface area contributed by atoms with Gasteiger partial charge in [0, 0.05) is 25.8 Å². The van der Waals surface area contributed by atoms with Gasteiger partial charge in [0.2, 0.25) is 5.75 Å². The number of ether oxygens (including phenoxy) is 5. The smallest absolute Gasteiger partial charge is 0.329 e. The van der Waals surface area contributed by atoms with Crippen LogP contribution in [0.1, 0.15) is 68.1 Å². The third-order valence-electron chi connectivity index (χ3n) is 6.25. The maximum atomic E-state index is 13.2. The van der Waals surface area contributed by atoms with Crippen LogP contribution < -0.4 is 19.5 Å². The molecule has 1 fully saturated rings. The fourth-order valence-electron chi connectivity index (χ4n) is 4.59. The summed E-state index contributed by atoms with van der Waals surface area (Å²) in [4.78, 5) is 42.1. The minimum atomic E-state index is -0.954. The summed E-state index contributed by atoms with van der Waals surface area (Å²) >= 11 is 0. The Kier molecular flexibility index (Phi) is 10.7. The van der Waals surface area contributed by atoms with Crippen LogP contribution in [-0.4, -0.2) is 60.9 Å². The van der Waals surface area contributed by atoms with Crippen molar-refractivity contribution in [2.45, 2.75) is 84.7 Å². The van der Waals surface area contributed by atoms with E-state index in [4.69, 9.17) is 23.7 Å². The van der Waals surface area contributed by atoms with Crippen molar-refractivity contribution >= 4 is 17.8 Å². The Balaban J connectivity index is 1.82. The van der Waals surface area contributed by atoms with Crippen molar-refractivity contribution in [2.24, 2.45) is 0 Å². The second kappa shape index (κ2) is 13.9. The molecule has 39 heavy (non-hydrogen) atoms. The topological polar surface area (TPSA) is 122 Å². The van der Waals surface area contributed by atoms with Crippen molar-refractivity contribution in [2.75, 3.05) is 13.7 Å². The van der Waals surface area contributed by atoms with Gasteiger partial charge in [0.1, 0.15) is 30.1 Å². The molecule has 0 spiro atoms. The van der Waals surface area contributed by atoms with Crippen LogP contribution in [0.4, 0.5) is 0 Å². The van der Waals surface area contributed by atoms with Crippen LogP contribution >= 0.6 is 0 Å². The zero-order valence-electron chi connectivity index (χ0n) is 23.4. The van der Waals surface area contributed by atoms with Gasteiger partial charge in [-0.1, -0.05) is 13.0 Å². The van der Waals surface area contributed by atoms with Crippen LogP contribution in [0.5, 0.6) is 17.2 Å². The number of nitrogens with one attached hydrogen (secondary N) is 1. The Bertz CT molecular complexity index is 1150. The first kappa shape index (κ1) is 29.9. The normalized spacial score (nSPS) is 21.5. The minimum Gasteiger partial charge on any atom is -0.493 e. The summed E-state index contributed by atoms with van der Waals surface area (Å²) in [5.74, 6) is -1.15. The van der Waals surface area contributed by atoms with Gasteiger partial charge in [-0.05, 0) is 69.7 Å². The molecule has 4 atom stereocenters. The number of rotatable bonds is 9. The van der Waals surface area contributed by atoms with Gasteiger partial charge in [-0.2, -0.15) is 0 Å². The number of methoxy groups -OCH3 is 1. The summed E-state index contributed by atoms with van der Waals surface area (Å²) in [5, 5.41) is 2.70. The molecule has 10 nitrogen and oxygen atoms in total. The van der Waals surface area contributed by atoms with Gasteiger partial charge >= 0.3 is 11.9 Å². The van der Waals surface area contributed by atoms with Crippen LogP contribution in [0.3, 0.4) is 0 Å². The van der Waals surface area contributed by atoms with Gasteiger partial charge in [-0.3, -0.25) is 9.59 Å². The minimum absolute atomic E-state index is 0.121. The summed E-state index contributed by atoms with van der Waals surface area (Å²) < 4.78 is 28.7. The molecule has 1 aromatic carbocycles. The van der Waals surface area contributed by atoms with E-state index in [0.717, 1.165) is 23.3 Å². The summed E-state index contributed by atoms with van der Waals surface area (Å²) in [6, 6.07) is 6.53. The number of nitrogens with zero attached hydrogens (tertiary/aromatic N) is 1. The van der Waals surface area contributed by atoms with Gasteiger partial charge in [0.15, 0.2) is 11.4 Å². The molecular formula is C29H38N2O8. The summed E-state index contributed by atoms with van der Waals surface area (Å²) in [5.41, 5.74) is 1.99. The van der Waals surface area contributed by atoms with E-state index in [1.54, 1.807) is 6.92 Å². The maximum Gasteiger partial charge on any atom is 0.329 e. The SMILES string of the molecule is CCCO[C@H]1[C@H](C)OC(=O)[C@@H](NC(=O)c2nccc(OC)c2OC(C)=O)CCC[C@@H]1Oc1cc(C)cc(C)c1. The highest BCUT2D eigenvalue weighted by Crippen LogP contribution is 2.30. The number of cyclic esters (lactones) is 1. The van der Waals surface area contributed by atoms with Crippen molar-refractivity contribution in [3.63, 3.8) is 0 Å². The molecular weight excluding hydrogens is 504 g/mol. The van der Waals surface area contributed by atoms with Crippen LogP contribution in [0, 0.1) is 13.8 Å².